The van der Waals surface area contributed by atoms with E-state index in [1.165, 1.54) is 17.4 Å². The molecule has 1 aliphatic heterocycles. The number of hydrogen-bond donors (Lipinski definition) is 1. The van der Waals surface area contributed by atoms with E-state index >= 15 is 0 Å². The van der Waals surface area contributed by atoms with E-state index in [4.69, 9.17) is 4.52 Å². The summed E-state index contributed by atoms with van der Waals surface area (Å²) in [5.74, 6) is 0.621. The van der Waals surface area contributed by atoms with Crippen LogP contribution in [-0.2, 0) is 21.2 Å². The highest BCUT2D eigenvalue weighted by Gasteiger charge is 2.26. The Balaban J connectivity index is 1.36. The Morgan fingerprint density at radius 2 is 1.91 bits per heavy atom. The smallest absolute Gasteiger partial charge is 0.242 e. The normalized spacial score (nSPS) is 14.7. The average molecular weight is 476 g/mol. The molecular weight excluding hydrogens is 450 g/mol. The van der Waals surface area contributed by atoms with Gasteiger partial charge in [-0.2, -0.15) is 4.98 Å². The van der Waals surface area contributed by atoms with E-state index < -0.39 is 10.0 Å². The van der Waals surface area contributed by atoms with E-state index in [1.807, 2.05) is 37.3 Å². The fourth-order valence-corrected chi connectivity index (χ4v) is 6.03. The third kappa shape index (κ3) is 4.84. The molecule has 11 heteroatoms. The lowest BCUT2D eigenvalue weighted by Crippen LogP contribution is -2.51. The number of hydrogen-bond acceptors (Lipinski definition) is 8. The summed E-state index contributed by atoms with van der Waals surface area (Å²) in [6.07, 6.45) is 0.603. The molecule has 3 aromatic rings. The van der Waals surface area contributed by atoms with Crippen molar-refractivity contribution >= 4 is 33.0 Å². The molecule has 2 aromatic heterocycles. The number of anilines is 1. The highest BCUT2D eigenvalue weighted by Crippen LogP contribution is 2.32. The zero-order valence-corrected chi connectivity index (χ0v) is 19.6. The first kappa shape index (κ1) is 22.4. The molecule has 0 spiro atoms. The van der Waals surface area contributed by atoms with Gasteiger partial charge in [-0.05, 0) is 25.1 Å². The summed E-state index contributed by atoms with van der Waals surface area (Å²) in [6, 6.07) is 11.6. The third-order valence-corrected chi connectivity index (χ3v) is 8.02. The van der Waals surface area contributed by atoms with Crippen LogP contribution in [-0.4, -0.2) is 62.1 Å². The molecule has 1 fully saturated rings. The van der Waals surface area contributed by atoms with Crippen LogP contribution in [0.3, 0.4) is 0 Å². The number of aromatic nitrogens is 2. The lowest BCUT2D eigenvalue weighted by molar-refractivity contribution is -0.130. The van der Waals surface area contributed by atoms with Gasteiger partial charge < -0.3 is 14.3 Å². The summed E-state index contributed by atoms with van der Waals surface area (Å²) >= 11 is 1.27. The number of para-hydroxylation sites is 1. The molecular formula is C21H25N5O4S2. The first-order chi connectivity index (χ1) is 15.4. The SMILES string of the molecule is CCc1nc(-c2cc(S(=O)(=O)NCC(=O)N3CCN(c4ccccc4)CC3)c(C)s2)no1. The molecule has 9 nitrogen and oxygen atoms in total. The summed E-state index contributed by atoms with van der Waals surface area (Å²) in [5.41, 5.74) is 1.12. The maximum absolute atomic E-state index is 12.8. The van der Waals surface area contributed by atoms with Crippen molar-refractivity contribution in [3.63, 3.8) is 0 Å². The zero-order valence-electron chi connectivity index (χ0n) is 17.9. The van der Waals surface area contributed by atoms with E-state index in [0.717, 1.165) is 5.69 Å². The molecule has 0 saturated carbocycles. The summed E-state index contributed by atoms with van der Waals surface area (Å²) < 4.78 is 33.2. The Labute approximate surface area is 191 Å². The van der Waals surface area contributed by atoms with E-state index in [9.17, 15) is 13.2 Å². The van der Waals surface area contributed by atoms with Crippen LogP contribution in [0.15, 0.2) is 45.8 Å². The first-order valence-electron chi connectivity index (χ1n) is 10.4. The second-order valence-corrected chi connectivity index (χ2v) is 10.4. The maximum atomic E-state index is 12.8. The van der Waals surface area contributed by atoms with Gasteiger partial charge in [0, 0.05) is 43.2 Å². The van der Waals surface area contributed by atoms with Crippen LogP contribution in [0.5, 0.6) is 0 Å². The number of piperazine rings is 1. The summed E-state index contributed by atoms with van der Waals surface area (Å²) in [7, 11) is -3.85. The number of rotatable bonds is 7. The molecule has 4 rings (SSSR count). The first-order valence-corrected chi connectivity index (χ1v) is 12.7. The summed E-state index contributed by atoms with van der Waals surface area (Å²) in [5, 5.41) is 3.90. The molecule has 1 aliphatic rings. The summed E-state index contributed by atoms with van der Waals surface area (Å²) in [4.78, 5) is 22.1. The van der Waals surface area contributed by atoms with Crippen molar-refractivity contribution in [3.8, 4) is 10.7 Å². The minimum absolute atomic E-state index is 0.127. The third-order valence-electron chi connectivity index (χ3n) is 5.32. The highest BCUT2D eigenvalue weighted by atomic mass is 32.2. The van der Waals surface area contributed by atoms with Crippen LogP contribution in [0.4, 0.5) is 5.69 Å². The molecule has 1 saturated heterocycles. The molecule has 1 N–H and O–H groups in total. The van der Waals surface area contributed by atoms with Crippen LogP contribution < -0.4 is 9.62 Å². The predicted octanol–water partition coefficient (Wildman–Crippen LogP) is 2.30. The van der Waals surface area contributed by atoms with E-state index in [1.54, 1.807) is 11.8 Å². The lowest BCUT2D eigenvalue weighted by atomic mass is 10.2. The van der Waals surface area contributed by atoms with Crippen LogP contribution in [0.25, 0.3) is 10.7 Å². The molecule has 1 amide bonds. The molecule has 0 aliphatic carbocycles. The van der Waals surface area contributed by atoms with Gasteiger partial charge in [-0.3, -0.25) is 4.79 Å². The fraction of sp³-hybridized carbons (Fsp3) is 0.381. The van der Waals surface area contributed by atoms with E-state index in [2.05, 4.69) is 19.8 Å². The summed E-state index contributed by atoms with van der Waals surface area (Å²) in [6.45, 7) is 5.85. The molecule has 0 bridgehead atoms. The fourth-order valence-electron chi connectivity index (χ4n) is 3.54. The van der Waals surface area contributed by atoms with Gasteiger partial charge in [-0.25, -0.2) is 13.1 Å². The Morgan fingerprint density at radius 3 is 2.56 bits per heavy atom. The van der Waals surface area contributed by atoms with Crippen LogP contribution in [0.2, 0.25) is 0 Å². The molecule has 170 valence electrons. The van der Waals surface area contributed by atoms with Crippen molar-refractivity contribution in [2.24, 2.45) is 0 Å². The Kier molecular flexibility index (Phi) is 6.58. The van der Waals surface area contributed by atoms with Crippen molar-refractivity contribution in [3.05, 3.63) is 47.2 Å². The minimum Gasteiger partial charge on any atom is -0.368 e. The number of sulfonamides is 1. The monoisotopic (exact) mass is 475 g/mol. The second kappa shape index (κ2) is 9.39. The molecule has 0 unspecified atom stereocenters. The number of nitrogens with one attached hydrogen (secondary N) is 1. The highest BCUT2D eigenvalue weighted by molar-refractivity contribution is 7.89. The number of aryl methyl sites for hydroxylation is 2. The molecule has 0 radical (unpaired) electrons. The molecule has 3 heterocycles. The van der Waals surface area contributed by atoms with Gasteiger partial charge in [0.25, 0.3) is 0 Å². The molecule has 0 atom stereocenters. The Hall–Kier alpha value is -2.76. The number of carbonyl (C=O) groups is 1. The number of nitrogens with zero attached hydrogens (tertiary/aromatic N) is 4. The average Bonchev–Trinajstić information content (AvgIpc) is 3.45. The van der Waals surface area contributed by atoms with Crippen molar-refractivity contribution < 1.29 is 17.7 Å². The van der Waals surface area contributed by atoms with Crippen LogP contribution >= 0.6 is 11.3 Å². The van der Waals surface area contributed by atoms with Crippen LogP contribution in [0.1, 0.15) is 17.7 Å². The Morgan fingerprint density at radius 1 is 1.19 bits per heavy atom. The number of benzene rings is 1. The van der Waals surface area contributed by atoms with Gasteiger partial charge in [0.1, 0.15) is 0 Å². The van der Waals surface area contributed by atoms with E-state index in [0.29, 0.717) is 54.1 Å². The van der Waals surface area contributed by atoms with Crippen molar-refractivity contribution in [1.82, 2.24) is 19.8 Å². The topological polar surface area (TPSA) is 109 Å². The van der Waals surface area contributed by atoms with Crippen molar-refractivity contribution in [2.45, 2.75) is 25.2 Å². The van der Waals surface area contributed by atoms with Gasteiger partial charge in [0.15, 0.2) is 0 Å². The number of amides is 1. The largest absolute Gasteiger partial charge is 0.368 e. The van der Waals surface area contributed by atoms with Gasteiger partial charge in [0.05, 0.1) is 16.3 Å². The number of carbonyl (C=O) groups excluding carboxylic acids is 1. The second-order valence-electron chi connectivity index (χ2n) is 7.42. The van der Waals surface area contributed by atoms with Gasteiger partial charge in [-0.15, -0.1) is 11.3 Å². The van der Waals surface area contributed by atoms with E-state index in [-0.39, 0.29) is 17.3 Å². The predicted molar refractivity (Wildman–Crippen MR) is 122 cm³/mol. The Bertz CT molecular complexity index is 1180. The minimum atomic E-state index is -3.85. The molecule has 1 aromatic carbocycles. The van der Waals surface area contributed by atoms with Crippen LogP contribution in [0, 0.1) is 6.92 Å². The lowest BCUT2D eigenvalue weighted by Gasteiger charge is -2.36. The van der Waals surface area contributed by atoms with Gasteiger partial charge in [-0.1, -0.05) is 30.3 Å². The zero-order chi connectivity index (χ0) is 22.7. The maximum Gasteiger partial charge on any atom is 0.242 e. The standard InChI is InChI=1S/C21H25N5O4S2/c1-3-19-23-21(24-30-19)17-13-18(15(2)31-17)32(28,29)22-14-20(27)26-11-9-25(10-12-26)16-7-5-4-6-8-16/h4-8,13,22H,3,9-12,14H2,1-2H3. The van der Waals surface area contributed by atoms with Crippen molar-refractivity contribution in [1.29, 1.82) is 0 Å². The van der Waals surface area contributed by atoms with Gasteiger partial charge >= 0.3 is 0 Å². The number of thiophene rings is 1. The quantitative estimate of drug-likeness (QED) is 0.558. The van der Waals surface area contributed by atoms with Gasteiger partial charge in [0.2, 0.25) is 27.6 Å². The molecule has 32 heavy (non-hydrogen) atoms. The van der Waals surface area contributed by atoms with Crippen molar-refractivity contribution in [2.75, 3.05) is 37.6 Å².